The molecule has 1 unspecified atom stereocenters. The number of nitrogens with zero attached hydrogens (tertiary/aromatic N) is 1. The predicted octanol–water partition coefficient (Wildman–Crippen LogP) is 2.76. The number of hydrogen-bond acceptors (Lipinski definition) is 5. The van der Waals surface area contributed by atoms with Crippen LogP contribution in [-0.4, -0.2) is 16.6 Å². The van der Waals surface area contributed by atoms with Gasteiger partial charge in [-0.05, 0) is 25.3 Å². The number of aliphatic hydroxyl groups is 1. The number of hydrogen-bond donors (Lipinski definition) is 2. The van der Waals surface area contributed by atoms with E-state index in [4.69, 9.17) is 0 Å². The van der Waals surface area contributed by atoms with Gasteiger partial charge in [-0.15, -0.1) is 22.7 Å². The van der Waals surface area contributed by atoms with E-state index in [1.165, 1.54) is 0 Å². The van der Waals surface area contributed by atoms with Gasteiger partial charge in [-0.2, -0.15) is 0 Å². The first kappa shape index (κ1) is 12.7. The second-order valence-electron chi connectivity index (χ2n) is 4.37. The molecule has 0 spiro atoms. The number of rotatable bonds is 5. The van der Waals surface area contributed by atoms with Crippen molar-refractivity contribution >= 4 is 22.7 Å². The van der Waals surface area contributed by atoms with Crippen molar-refractivity contribution in [3.63, 3.8) is 0 Å². The van der Waals surface area contributed by atoms with Crippen LogP contribution in [0.3, 0.4) is 0 Å². The molecule has 0 bridgehead atoms. The average Bonchev–Trinajstić information content (AvgIpc) is 2.97. The number of aliphatic hydroxyl groups excluding tert-OH is 1. The Hall–Kier alpha value is -0.750. The van der Waals surface area contributed by atoms with E-state index < -0.39 is 6.10 Å². The van der Waals surface area contributed by atoms with E-state index in [-0.39, 0.29) is 5.54 Å². The zero-order valence-corrected chi connectivity index (χ0v) is 11.5. The van der Waals surface area contributed by atoms with Crippen LogP contribution in [0, 0.1) is 0 Å². The van der Waals surface area contributed by atoms with Gasteiger partial charge in [0.15, 0.2) is 0 Å². The fourth-order valence-electron chi connectivity index (χ4n) is 1.54. The molecule has 0 saturated heterocycles. The van der Waals surface area contributed by atoms with E-state index in [0.717, 1.165) is 9.88 Å². The van der Waals surface area contributed by atoms with E-state index in [1.807, 2.05) is 22.9 Å². The molecule has 0 aliphatic carbocycles. The van der Waals surface area contributed by atoms with Gasteiger partial charge in [-0.25, -0.2) is 4.98 Å². The monoisotopic (exact) mass is 268 g/mol. The lowest BCUT2D eigenvalue weighted by molar-refractivity contribution is 0.164. The van der Waals surface area contributed by atoms with Gasteiger partial charge < -0.3 is 10.4 Å². The Morgan fingerprint density at radius 1 is 1.41 bits per heavy atom. The van der Waals surface area contributed by atoms with Crippen molar-refractivity contribution in [1.29, 1.82) is 0 Å². The van der Waals surface area contributed by atoms with Gasteiger partial charge >= 0.3 is 0 Å². The smallest absolute Gasteiger partial charge is 0.112 e. The van der Waals surface area contributed by atoms with Crippen molar-refractivity contribution in [2.45, 2.75) is 25.5 Å². The Kier molecular flexibility index (Phi) is 3.93. The predicted molar refractivity (Wildman–Crippen MR) is 72.4 cm³/mol. The zero-order valence-electron chi connectivity index (χ0n) is 9.88. The van der Waals surface area contributed by atoms with Crippen LogP contribution in [0.5, 0.6) is 0 Å². The summed E-state index contributed by atoms with van der Waals surface area (Å²) >= 11 is 3.20. The van der Waals surface area contributed by atoms with E-state index in [9.17, 15) is 5.11 Å². The zero-order chi connectivity index (χ0) is 12.3. The van der Waals surface area contributed by atoms with Gasteiger partial charge in [0.05, 0.1) is 5.54 Å². The standard InChI is InChI=1S/C12H16N2OS2/c1-12(2,11-13-5-7-17-11)14-8-9(15)10-4-3-6-16-10/h3-7,9,14-15H,8H2,1-2H3. The molecule has 92 valence electrons. The quantitative estimate of drug-likeness (QED) is 0.876. The van der Waals surface area contributed by atoms with Crippen molar-refractivity contribution in [3.05, 3.63) is 39.0 Å². The summed E-state index contributed by atoms with van der Waals surface area (Å²) in [7, 11) is 0. The summed E-state index contributed by atoms with van der Waals surface area (Å²) in [6.07, 6.45) is 1.35. The van der Waals surface area contributed by atoms with Gasteiger partial charge in [-0.3, -0.25) is 0 Å². The van der Waals surface area contributed by atoms with Gasteiger partial charge in [0.25, 0.3) is 0 Å². The molecule has 2 aromatic heterocycles. The fraction of sp³-hybridized carbons (Fsp3) is 0.417. The maximum Gasteiger partial charge on any atom is 0.112 e. The van der Waals surface area contributed by atoms with Crippen LogP contribution in [0.2, 0.25) is 0 Å². The van der Waals surface area contributed by atoms with Crippen LogP contribution in [-0.2, 0) is 5.54 Å². The van der Waals surface area contributed by atoms with Crippen LogP contribution in [0.1, 0.15) is 29.8 Å². The number of thiophene rings is 1. The average molecular weight is 268 g/mol. The van der Waals surface area contributed by atoms with Crippen LogP contribution >= 0.6 is 22.7 Å². The molecule has 2 aromatic rings. The molecule has 0 radical (unpaired) electrons. The molecule has 0 amide bonds. The second kappa shape index (κ2) is 5.27. The normalized spacial score (nSPS) is 13.8. The highest BCUT2D eigenvalue weighted by Crippen LogP contribution is 2.24. The van der Waals surface area contributed by atoms with Crippen molar-refractivity contribution in [2.24, 2.45) is 0 Å². The molecule has 0 fully saturated rings. The summed E-state index contributed by atoms with van der Waals surface area (Å²) < 4.78 is 0. The molecule has 0 aliphatic rings. The Bertz CT molecular complexity index is 437. The van der Waals surface area contributed by atoms with Crippen molar-refractivity contribution in [3.8, 4) is 0 Å². The van der Waals surface area contributed by atoms with Crippen molar-refractivity contribution in [1.82, 2.24) is 10.3 Å². The Morgan fingerprint density at radius 3 is 2.82 bits per heavy atom. The molecule has 2 N–H and O–H groups in total. The maximum atomic E-state index is 10.0. The third kappa shape index (κ3) is 3.13. The Balaban J connectivity index is 1.94. The van der Waals surface area contributed by atoms with E-state index in [1.54, 1.807) is 28.9 Å². The van der Waals surface area contributed by atoms with Crippen LogP contribution in [0.15, 0.2) is 29.1 Å². The number of aromatic nitrogens is 1. The molecule has 0 saturated carbocycles. The van der Waals surface area contributed by atoms with Gasteiger partial charge in [0.1, 0.15) is 11.1 Å². The molecular weight excluding hydrogens is 252 g/mol. The summed E-state index contributed by atoms with van der Waals surface area (Å²) in [5, 5.41) is 18.3. The van der Waals surface area contributed by atoms with Crippen LogP contribution in [0.25, 0.3) is 0 Å². The van der Waals surface area contributed by atoms with Gasteiger partial charge in [0.2, 0.25) is 0 Å². The van der Waals surface area contributed by atoms with Crippen molar-refractivity contribution in [2.75, 3.05) is 6.54 Å². The van der Waals surface area contributed by atoms with E-state index in [2.05, 4.69) is 24.1 Å². The third-order valence-corrected chi connectivity index (χ3v) is 4.65. The molecule has 5 heteroatoms. The van der Waals surface area contributed by atoms with E-state index in [0.29, 0.717) is 6.54 Å². The molecule has 0 aliphatic heterocycles. The first-order valence-electron chi connectivity index (χ1n) is 5.46. The lowest BCUT2D eigenvalue weighted by atomic mass is 10.1. The highest BCUT2D eigenvalue weighted by atomic mass is 32.1. The van der Waals surface area contributed by atoms with Crippen LogP contribution in [0.4, 0.5) is 0 Å². The molecule has 2 heterocycles. The lowest BCUT2D eigenvalue weighted by Gasteiger charge is -2.25. The third-order valence-electron chi connectivity index (χ3n) is 2.58. The second-order valence-corrected chi connectivity index (χ2v) is 6.25. The Labute approximate surface area is 109 Å². The number of thiazole rings is 1. The van der Waals surface area contributed by atoms with E-state index >= 15 is 0 Å². The summed E-state index contributed by atoms with van der Waals surface area (Å²) in [6, 6.07) is 3.91. The van der Waals surface area contributed by atoms with Gasteiger partial charge in [-0.1, -0.05) is 6.07 Å². The summed E-state index contributed by atoms with van der Waals surface area (Å²) in [5.41, 5.74) is -0.202. The summed E-state index contributed by atoms with van der Waals surface area (Å²) in [6.45, 7) is 4.69. The SMILES string of the molecule is CC(C)(NCC(O)c1cccs1)c1nccs1. The van der Waals surface area contributed by atoms with Gasteiger partial charge in [0, 0.05) is 23.0 Å². The number of nitrogens with one attached hydrogen (secondary N) is 1. The Morgan fingerprint density at radius 2 is 2.24 bits per heavy atom. The molecule has 2 rings (SSSR count). The molecule has 1 atom stereocenters. The molecule has 3 nitrogen and oxygen atoms in total. The van der Waals surface area contributed by atoms with Crippen LogP contribution < -0.4 is 5.32 Å². The largest absolute Gasteiger partial charge is 0.386 e. The maximum absolute atomic E-state index is 10.0. The summed E-state index contributed by atoms with van der Waals surface area (Å²) in [4.78, 5) is 5.30. The topological polar surface area (TPSA) is 45.1 Å². The van der Waals surface area contributed by atoms with Crippen molar-refractivity contribution < 1.29 is 5.11 Å². The molecule has 17 heavy (non-hydrogen) atoms. The molecular formula is C12H16N2OS2. The minimum absolute atomic E-state index is 0.202. The molecule has 0 aromatic carbocycles. The first-order chi connectivity index (χ1) is 8.09. The summed E-state index contributed by atoms with van der Waals surface area (Å²) in [5.74, 6) is 0. The fourth-order valence-corrected chi connectivity index (χ4v) is 2.99. The minimum Gasteiger partial charge on any atom is -0.386 e. The highest BCUT2D eigenvalue weighted by molar-refractivity contribution is 7.10. The highest BCUT2D eigenvalue weighted by Gasteiger charge is 2.23. The first-order valence-corrected chi connectivity index (χ1v) is 7.22. The minimum atomic E-state index is -0.450. The lowest BCUT2D eigenvalue weighted by Crippen LogP contribution is -2.38.